The molecule has 5 rings (SSSR count). The van der Waals surface area contributed by atoms with Gasteiger partial charge in [0.1, 0.15) is 4.83 Å². The Kier molecular flexibility index (Phi) is 4.79. The molecule has 0 bridgehead atoms. The van der Waals surface area contributed by atoms with Gasteiger partial charge in [0.15, 0.2) is 10.8 Å². The standard InChI is InChI=1S/C20H21N5O2S2/c1-2-23-18(26)16-13-7-3-4-8-14(13)29-17(16)21-19(23)28-12-11-25-20(27)24-10-6-5-9-15(24)22-25/h5-6,9-10H,2-4,7-8,11-12H2,1H3. The van der Waals surface area contributed by atoms with Gasteiger partial charge in [-0.1, -0.05) is 17.8 Å². The van der Waals surface area contributed by atoms with Crippen molar-refractivity contribution in [1.82, 2.24) is 23.7 Å². The van der Waals surface area contributed by atoms with Gasteiger partial charge in [0.2, 0.25) is 0 Å². The van der Waals surface area contributed by atoms with Gasteiger partial charge in [0, 0.05) is 23.4 Å². The lowest BCUT2D eigenvalue weighted by molar-refractivity contribution is 0.623. The van der Waals surface area contributed by atoms with Crippen LogP contribution >= 0.6 is 23.1 Å². The van der Waals surface area contributed by atoms with Crippen molar-refractivity contribution in [3.05, 3.63) is 55.7 Å². The second kappa shape index (κ2) is 7.46. The molecule has 7 nitrogen and oxygen atoms in total. The summed E-state index contributed by atoms with van der Waals surface area (Å²) in [7, 11) is 0. The number of hydrogen-bond donors (Lipinski definition) is 0. The maximum atomic E-state index is 13.2. The van der Waals surface area contributed by atoms with Crippen LogP contribution in [-0.4, -0.2) is 29.5 Å². The average Bonchev–Trinajstić information content (AvgIpc) is 3.26. The summed E-state index contributed by atoms with van der Waals surface area (Å²) in [6.07, 6.45) is 6.10. The number of hydrogen-bond acceptors (Lipinski definition) is 6. The van der Waals surface area contributed by atoms with Crippen molar-refractivity contribution in [2.24, 2.45) is 0 Å². The Bertz CT molecular complexity index is 1330. The molecule has 1 aliphatic carbocycles. The van der Waals surface area contributed by atoms with E-state index in [1.165, 1.54) is 37.7 Å². The summed E-state index contributed by atoms with van der Waals surface area (Å²) >= 11 is 3.18. The zero-order chi connectivity index (χ0) is 20.0. The summed E-state index contributed by atoms with van der Waals surface area (Å²) in [5.74, 6) is 0.618. The lowest BCUT2D eigenvalue weighted by Gasteiger charge is -2.12. The van der Waals surface area contributed by atoms with Crippen LogP contribution in [0.25, 0.3) is 15.9 Å². The first kappa shape index (κ1) is 18.6. The lowest BCUT2D eigenvalue weighted by Crippen LogP contribution is -2.24. The fourth-order valence-corrected chi connectivity index (χ4v) is 6.23. The second-order valence-corrected chi connectivity index (χ2v) is 9.26. The fraction of sp³-hybridized carbons (Fsp3) is 0.400. The molecule has 4 aromatic rings. The van der Waals surface area contributed by atoms with E-state index in [4.69, 9.17) is 4.98 Å². The lowest BCUT2D eigenvalue weighted by atomic mass is 9.97. The van der Waals surface area contributed by atoms with Gasteiger partial charge in [-0.25, -0.2) is 14.5 Å². The van der Waals surface area contributed by atoms with Crippen LogP contribution in [0, 0.1) is 0 Å². The van der Waals surface area contributed by atoms with Crippen LogP contribution in [0.1, 0.15) is 30.2 Å². The van der Waals surface area contributed by atoms with Gasteiger partial charge < -0.3 is 0 Å². The van der Waals surface area contributed by atoms with Gasteiger partial charge in [-0.05, 0) is 50.3 Å². The first-order valence-corrected chi connectivity index (χ1v) is 11.7. The van der Waals surface area contributed by atoms with Gasteiger partial charge in [0.25, 0.3) is 5.56 Å². The van der Waals surface area contributed by atoms with Crippen LogP contribution in [0.2, 0.25) is 0 Å². The maximum Gasteiger partial charge on any atom is 0.350 e. The van der Waals surface area contributed by atoms with Gasteiger partial charge in [0.05, 0.1) is 11.9 Å². The Balaban J connectivity index is 1.44. The van der Waals surface area contributed by atoms with E-state index in [0.29, 0.717) is 24.5 Å². The molecule has 0 saturated heterocycles. The number of thiophene rings is 1. The number of fused-ring (bicyclic) bond motifs is 4. The molecule has 0 saturated carbocycles. The van der Waals surface area contributed by atoms with Crippen molar-refractivity contribution in [2.45, 2.75) is 50.9 Å². The number of thioether (sulfide) groups is 1. The monoisotopic (exact) mass is 427 g/mol. The highest BCUT2D eigenvalue weighted by Gasteiger charge is 2.21. The Labute approximate surface area is 175 Å². The molecule has 150 valence electrons. The quantitative estimate of drug-likeness (QED) is 0.362. The van der Waals surface area contributed by atoms with Crippen LogP contribution in [-0.2, 0) is 25.9 Å². The molecule has 0 amide bonds. The minimum Gasteiger partial charge on any atom is -0.287 e. The van der Waals surface area contributed by atoms with Crippen molar-refractivity contribution in [2.75, 3.05) is 5.75 Å². The Hall–Kier alpha value is -2.39. The Morgan fingerprint density at radius 2 is 2.07 bits per heavy atom. The highest BCUT2D eigenvalue weighted by molar-refractivity contribution is 7.99. The molecule has 29 heavy (non-hydrogen) atoms. The van der Waals surface area contributed by atoms with Crippen LogP contribution in [0.5, 0.6) is 0 Å². The molecular formula is C20H21N5O2S2. The zero-order valence-electron chi connectivity index (χ0n) is 16.1. The third kappa shape index (κ3) is 3.12. The van der Waals surface area contributed by atoms with Gasteiger partial charge >= 0.3 is 5.69 Å². The summed E-state index contributed by atoms with van der Waals surface area (Å²) in [4.78, 5) is 32.6. The SMILES string of the molecule is CCn1c(SCCn2nc3ccccn3c2=O)nc2sc3c(c2c1=O)CCCC3. The number of aryl methyl sites for hydroxylation is 3. The molecule has 4 heterocycles. The molecular weight excluding hydrogens is 406 g/mol. The third-order valence-corrected chi connectivity index (χ3v) is 7.52. The first-order valence-electron chi connectivity index (χ1n) is 9.89. The highest BCUT2D eigenvalue weighted by Crippen LogP contribution is 2.34. The summed E-state index contributed by atoms with van der Waals surface area (Å²) in [5.41, 5.74) is 1.79. The summed E-state index contributed by atoms with van der Waals surface area (Å²) in [5, 5.41) is 5.91. The first-order chi connectivity index (χ1) is 14.2. The van der Waals surface area contributed by atoms with Gasteiger partial charge in [-0.3, -0.25) is 13.8 Å². The van der Waals surface area contributed by atoms with Crippen LogP contribution in [0.3, 0.4) is 0 Å². The molecule has 0 radical (unpaired) electrons. The molecule has 9 heteroatoms. The normalized spacial score (nSPS) is 14.0. The second-order valence-electron chi connectivity index (χ2n) is 7.12. The van der Waals surface area contributed by atoms with Crippen molar-refractivity contribution >= 4 is 39.0 Å². The largest absolute Gasteiger partial charge is 0.350 e. The fourth-order valence-electron chi connectivity index (χ4n) is 3.95. The Morgan fingerprint density at radius 1 is 1.21 bits per heavy atom. The predicted octanol–water partition coefficient (Wildman–Crippen LogP) is 2.96. The third-order valence-electron chi connectivity index (χ3n) is 5.38. The molecule has 0 N–H and O–H groups in total. The molecule has 0 atom stereocenters. The molecule has 0 spiro atoms. The minimum absolute atomic E-state index is 0.0734. The van der Waals surface area contributed by atoms with Gasteiger partial charge in [-0.15, -0.1) is 16.4 Å². The summed E-state index contributed by atoms with van der Waals surface area (Å²) < 4.78 is 4.77. The number of pyridine rings is 1. The molecule has 0 aliphatic heterocycles. The molecule has 0 aromatic carbocycles. The smallest absolute Gasteiger partial charge is 0.287 e. The number of aromatic nitrogens is 5. The predicted molar refractivity (Wildman–Crippen MR) is 116 cm³/mol. The van der Waals surface area contributed by atoms with E-state index < -0.39 is 0 Å². The number of nitrogens with zero attached hydrogens (tertiary/aromatic N) is 5. The van der Waals surface area contributed by atoms with Crippen molar-refractivity contribution in [1.29, 1.82) is 0 Å². The highest BCUT2D eigenvalue weighted by atomic mass is 32.2. The molecule has 1 aliphatic rings. The van der Waals surface area contributed by atoms with E-state index >= 15 is 0 Å². The van der Waals surface area contributed by atoms with E-state index in [0.717, 1.165) is 34.6 Å². The molecule has 0 fully saturated rings. The number of rotatable bonds is 5. The molecule has 0 unspecified atom stereocenters. The minimum atomic E-state index is -0.150. The average molecular weight is 428 g/mol. The van der Waals surface area contributed by atoms with E-state index in [-0.39, 0.29) is 11.2 Å². The van der Waals surface area contributed by atoms with Crippen LogP contribution in [0.4, 0.5) is 0 Å². The van der Waals surface area contributed by atoms with Gasteiger partial charge in [-0.2, -0.15) is 0 Å². The van der Waals surface area contributed by atoms with E-state index in [2.05, 4.69) is 5.10 Å². The maximum absolute atomic E-state index is 13.2. The topological polar surface area (TPSA) is 74.2 Å². The van der Waals surface area contributed by atoms with E-state index in [1.54, 1.807) is 22.1 Å². The zero-order valence-corrected chi connectivity index (χ0v) is 17.8. The van der Waals surface area contributed by atoms with Crippen molar-refractivity contribution in [3.8, 4) is 0 Å². The van der Waals surface area contributed by atoms with Crippen LogP contribution in [0.15, 0.2) is 39.1 Å². The van der Waals surface area contributed by atoms with Crippen LogP contribution < -0.4 is 11.2 Å². The van der Waals surface area contributed by atoms with Crippen molar-refractivity contribution in [3.63, 3.8) is 0 Å². The van der Waals surface area contributed by atoms with Crippen molar-refractivity contribution < 1.29 is 0 Å². The van der Waals surface area contributed by atoms with E-state index in [9.17, 15) is 9.59 Å². The Morgan fingerprint density at radius 3 is 2.90 bits per heavy atom. The molecule has 4 aromatic heterocycles. The summed E-state index contributed by atoms with van der Waals surface area (Å²) in [6.45, 7) is 3.02. The summed E-state index contributed by atoms with van der Waals surface area (Å²) in [6, 6.07) is 5.49. The van der Waals surface area contributed by atoms with E-state index in [1.807, 2.05) is 25.1 Å².